The number of carbonyl (C=O) groups is 1. The molecule has 2 aromatic rings. The van der Waals surface area contributed by atoms with Crippen molar-refractivity contribution < 1.29 is 23.4 Å². The second kappa shape index (κ2) is 8.22. The van der Waals surface area contributed by atoms with E-state index in [4.69, 9.17) is 21.1 Å². The molecule has 0 aliphatic heterocycles. The van der Waals surface area contributed by atoms with Gasteiger partial charge in [0.1, 0.15) is 6.04 Å². The molecule has 126 valence electrons. The van der Waals surface area contributed by atoms with Gasteiger partial charge in [0, 0.05) is 9.86 Å². The number of halogens is 1. The van der Waals surface area contributed by atoms with Gasteiger partial charge in [0.25, 0.3) is 10.2 Å². The van der Waals surface area contributed by atoms with Gasteiger partial charge in [-0.05, 0) is 17.5 Å². The SMILES string of the molecule is NC(CO)C(=O)O.NS(=O)(=O)Nc1ccc(Br)c2ccccc12. The molecule has 23 heavy (non-hydrogen) atoms. The molecule has 0 saturated heterocycles. The van der Waals surface area contributed by atoms with Crippen LogP contribution in [0.5, 0.6) is 0 Å². The number of rotatable bonds is 4. The average molecular weight is 406 g/mol. The highest BCUT2D eigenvalue weighted by Gasteiger charge is 2.08. The summed E-state index contributed by atoms with van der Waals surface area (Å²) in [6, 6.07) is 9.75. The first-order valence-electron chi connectivity index (χ1n) is 6.22. The molecule has 8 nitrogen and oxygen atoms in total. The van der Waals surface area contributed by atoms with Crippen molar-refractivity contribution in [2.45, 2.75) is 6.04 Å². The van der Waals surface area contributed by atoms with Crippen molar-refractivity contribution in [2.75, 3.05) is 11.3 Å². The van der Waals surface area contributed by atoms with E-state index in [0.29, 0.717) is 5.69 Å². The van der Waals surface area contributed by atoms with Gasteiger partial charge in [-0.2, -0.15) is 8.42 Å². The number of fused-ring (bicyclic) bond motifs is 1. The molecule has 0 radical (unpaired) electrons. The van der Waals surface area contributed by atoms with Gasteiger partial charge in [-0.25, -0.2) is 5.14 Å². The maximum absolute atomic E-state index is 11.0. The number of hydrogen-bond donors (Lipinski definition) is 5. The quantitative estimate of drug-likeness (QED) is 0.501. The standard InChI is InChI=1S/C10H9BrN2O2S.C3H7NO3/c11-9-5-6-10(13-16(12,14)15)8-4-2-1-3-7(8)9;4-2(1-5)3(6)7/h1-6,13H,(H2,12,14,15);2,5H,1,4H2,(H,6,7). The molecule has 7 N–H and O–H groups in total. The molecule has 0 amide bonds. The molecule has 2 aromatic carbocycles. The molecular formula is C13H16BrN3O5S. The van der Waals surface area contributed by atoms with Crippen LogP contribution in [0, 0.1) is 0 Å². The molecule has 0 aliphatic rings. The normalized spacial score (nSPS) is 12.2. The summed E-state index contributed by atoms with van der Waals surface area (Å²) in [5.41, 5.74) is 5.24. The maximum atomic E-state index is 11.0. The van der Waals surface area contributed by atoms with Crippen molar-refractivity contribution in [3.63, 3.8) is 0 Å². The lowest BCUT2D eigenvalue weighted by atomic mass is 10.1. The lowest BCUT2D eigenvalue weighted by Crippen LogP contribution is -2.33. The Morgan fingerprint density at radius 1 is 1.22 bits per heavy atom. The number of nitrogens with one attached hydrogen (secondary N) is 1. The van der Waals surface area contributed by atoms with Crippen LogP contribution in [0.25, 0.3) is 10.8 Å². The zero-order valence-electron chi connectivity index (χ0n) is 11.8. The molecule has 2 rings (SSSR count). The van der Waals surface area contributed by atoms with E-state index >= 15 is 0 Å². The smallest absolute Gasteiger partial charge is 0.322 e. The minimum absolute atomic E-state index is 0.473. The van der Waals surface area contributed by atoms with Gasteiger partial charge >= 0.3 is 5.97 Å². The van der Waals surface area contributed by atoms with Crippen LogP contribution in [0.4, 0.5) is 5.69 Å². The molecule has 1 atom stereocenters. The van der Waals surface area contributed by atoms with Gasteiger partial charge in [0.05, 0.1) is 12.3 Å². The van der Waals surface area contributed by atoms with Gasteiger partial charge < -0.3 is 15.9 Å². The van der Waals surface area contributed by atoms with Gasteiger partial charge in [0.2, 0.25) is 0 Å². The lowest BCUT2D eigenvalue weighted by Gasteiger charge is -2.08. The number of aliphatic hydroxyl groups is 1. The fraction of sp³-hybridized carbons (Fsp3) is 0.154. The molecule has 0 spiro atoms. The van der Waals surface area contributed by atoms with E-state index in [1.165, 1.54) is 0 Å². The summed E-state index contributed by atoms with van der Waals surface area (Å²) in [7, 11) is -3.75. The number of benzene rings is 2. The third-order valence-corrected chi connectivity index (χ3v) is 3.83. The molecule has 0 aliphatic carbocycles. The van der Waals surface area contributed by atoms with Crippen LogP contribution in [0.1, 0.15) is 0 Å². The van der Waals surface area contributed by atoms with Crippen LogP contribution in [-0.2, 0) is 15.0 Å². The first kappa shape index (κ1) is 19.3. The Labute approximate surface area is 141 Å². The summed E-state index contributed by atoms with van der Waals surface area (Å²) in [6.07, 6.45) is 0. The van der Waals surface area contributed by atoms with Gasteiger partial charge in [0.15, 0.2) is 0 Å². The third-order valence-electron chi connectivity index (χ3n) is 2.64. The first-order chi connectivity index (χ1) is 10.7. The Hall–Kier alpha value is -1.72. The Morgan fingerprint density at radius 2 is 1.78 bits per heavy atom. The van der Waals surface area contributed by atoms with Crippen LogP contribution >= 0.6 is 15.9 Å². The monoisotopic (exact) mass is 405 g/mol. The fourth-order valence-corrected chi connectivity index (χ4v) is 2.55. The van der Waals surface area contributed by atoms with E-state index in [0.717, 1.165) is 15.2 Å². The van der Waals surface area contributed by atoms with E-state index in [1.807, 2.05) is 24.3 Å². The van der Waals surface area contributed by atoms with Crippen LogP contribution < -0.4 is 15.6 Å². The molecule has 0 saturated carbocycles. The van der Waals surface area contributed by atoms with Gasteiger partial charge in [-0.3, -0.25) is 9.52 Å². The predicted octanol–water partition coefficient (Wildman–Crippen LogP) is 0.608. The topological polar surface area (TPSA) is 156 Å². The van der Waals surface area contributed by atoms with Crippen molar-refractivity contribution in [2.24, 2.45) is 10.9 Å². The number of aliphatic hydroxyl groups excluding tert-OH is 1. The summed E-state index contributed by atoms with van der Waals surface area (Å²) < 4.78 is 25.2. The Kier molecular flexibility index (Phi) is 6.91. The second-order valence-electron chi connectivity index (χ2n) is 4.41. The average Bonchev–Trinajstić information content (AvgIpc) is 2.49. The molecule has 10 heteroatoms. The zero-order chi connectivity index (χ0) is 17.6. The van der Waals surface area contributed by atoms with E-state index < -0.39 is 28.8 Å². The molecule has 1 unspecified atom stereocenters. The van der Waals surface area contributed by atoms with E-state index in [2.05, 4.69) is 20.7 Å². The molecule has 0 fully saturated rings. The molecule has 0 bridgehead atoms. The largest absolute Gasteiger partial charge is 0.480 e. The number of carboxylic acids is 1. The van der Waals surface area contributed by atoms with Crippen LogP contribution in [-0.4, -0.2) is 37.2 Å². The second-order valence-corrected chi connectivity index (χ2v) is 6.56. The van der Waals surface area contributed by atoms with Gasteiger partial charge in [-0.15, -0.1) is 0 Å². The highest BCUT2D eigenvalue weighted by atomic mass is 79.9. The van der Waals surface area contributed by atoms with Crippen LogP contribution in [0.15, 0.2) is 40.9 Å². The van der Waals surface area contributed by atoms with Crippen molar-refractivity contribution in [1.82, 2.24) is 0 Å². The predicted molar refractivity (Wildman–Crippen MR) is 91.1 cm³/mol. The van der Waals surface area contributed by atoms with Crippen LogP contribution in [0.3, 0.4) is 0 Å². The minimum Gasteiger partial charge on any atom is -0.480 e. The number of hydrogen-bond acceptors (Lipinski definition) is 5. The van der Waals surface area contributed by atoms with Crippen LogP contribution in [0.2, 0.25) is 0 Å². The highest BCUT2D eigenvalue weighted by Crippen LogP contribution is 2.30. The fourth-order valence-electron chi connectivity index (χ4n) is 1.58. The van der Waals surface area contributed by atoms with E-state index in [-0.39, 0.29) is 0 Å². The van der Waals surface area contributed by atoms with Crippen molar-refractivity contribution in [3.8, 4) is 0 Å². The maximum Gasteiger partial charge on any atom is 0.322 e. The zero-order valence-corrected chi connectivity index (χ0v) is 14.2. The van der Waals surface area contributed by atoms with E-state index in [1.54, 1.807) is 12.1 Å². The summed E-state index contributed by atoms with van der Waals surface area (Å²) in [4.78, 5) is 9.65. The Morgan fingerprint density at radius 3 is 2.22 bits per heavy atom. The summed E-state index contributed by atoms with van der Waals surface area (Å²) in [6.45, 7) is -0.505. The lowest BCUT2D eigenvalue weighted by molar-refractivity contribution is -0.139. The number of nitrogens with two attached hydrogens (primary N) is 2. The first-order valence-corrected chi connectivity index (χ1v) is 8.56. The Bertz CT molecular complexity index is 797. The summed E-state index contributed by atoms with van der Waals surface area (Å²) in [5, 5.41) is 22.6. The molecule has 0 heterocycles. The highest BCUT2D eigenvalue weighted by molar-refractivity contribution is 9.10. The van der Waals surface area contributed by atoms with Crippen molar-refractivity contribution in [3.05, 3.63) is 40.9 Å². The molecule has 0 aromatic heterocycles. The summed E-state index contributed by atoms with van der Waals surface area (Å²) in [5.74, 6) is -1.18. The number of carboxylic acid groups (broad SMARTS) is 1. The Balaban J connectivity index is 0.000000322. The van der Waals surface area contributed by atoms with Crippen molar-refractivity contribution in [1.29, 1.82) is 0 Å². The molecular weight excluding hydrogens is 390 g/mol. The van der Waals surface area contributed by atoms with E-state index in [9.17, 15) is 13.2 Å². The summed E-state index contributed by atoms with van der Waals surface area (Å²) >= 11 is 3.40. The third kappa shape index (κ3) is 6.12. The minimum atomic E-state index is -3.75. The number of anilines is 1. The van der Waals surface area contributed by atoms with Gasteiger partial charge in [-0.1, -0.05) is 40.2 Å². The van der Waals surface area contributed by atoms with Crippen molar-refractivity contribution >= 4 is 48.6 Å². The number of aliphatic carboxylic acids is 1.